The van der Waals surface area contributed by atoms with Crippen molar-refractivity contribution in [3.63, 3.8) is 0 Å². The summed E-state index contributed by atoms with van der Waals surface area (Å²) in [5.41, 5.74) is 0. The van der Waals surface area contributed by atoms with E-state index in [1.807, 2.05) is 0 Å². The van der Waals surface area contributed by atoms with Gasteiger partial charge in [-0.15, -0.1) is 11.3 Å². The second-order valence-corrected chi connectivity index (χ2v) is 5.96. The maximum Gasteiger partial charge on any atom is 0.223 e. The van der Waals surface area contributed by atoms with Crippen LogP contribution in [0.1, 0.15) is 44.0 Å². The molecule has 0 bridgehead atoms. The van der Waals surface area contributed by atoms with E-state index in [0.717, 1.165) is 19.3 Å². The van der Waals surface area contributed by atoms with Gasteiger partial charge in [0.05, 0.1) is 6.04 Å². The van der Waals surface area contributed by atoms with Crippen LogP contribution >= 0.6 is 11.3 Å². The van der Waals surface area contributed by atoms with E-state index in [4.69, 9.17) is 0 Å². The molecule has 1 heterocycles. The van der Waals surface area contributed by atoms with Crippen molar-refractivity contribution in [2.75, 3.05) is 0 Å². The van der Waals surface area contributed by atoms with E-state index in [9.17, 15) is 4.79 Å². The van der Waals surface area contributed by atoms with Gasteiger partial charge in [0.1, 0.15) is 0 Å². The number of thiophene rings is 1. The van der Waals surface area contributed by atoms with Gasteiger partial charge in [0.15, 0.2) is 0 Å². The first kappa shape index (κ1) is 11.6. The standard InChI is InChI=1S/C13H19NOS/c1-9(2)8-11(12-4-3-7-16-12)14-13(15)10-5-6-10/h3-4,7,9-11H,5-6,8H2,1-2H3,(H,14,15). The van der Waals surface area contributed by atoms with Crippen LogP contribution in [0.25, 0.3) is 0 Å². The molecule has 1 N–H and O–H groups in total. The van der Waals surface area contributed by atoms with E-state index >= 15 is 0 Å². The maximum absolute atomic E-state index is 11.8. The molecule has 1 aliphatic rings. The second-order valence-electron chi connectivity index (χ2n) is 4.98. The van der Waals surface area contributed by atoms with Crippen molar-refractivity contribution in [2.24, 2.45) is 11.8 Å². The number of rotatable bonds is 5. The fourth-order valence-corrected chi connectivity index (χ4v) is 2.63. The number of hydrogen-bond acceptors (Lipinski definition) is 2. The second kappa shape index (κ2) is 5.00. The molecule has 0 aromatic carbocycles. The van der Waals surface area contributed by atoms with Gasteiger partial charge in [-0.2, -0.15) is 0 Å². The molecular formula is C13H19NOS. The highest BCUT2D eigenvalue weighted by molar-refractivity contribution is 7.10. The summed E-state index contributed by atoms with van der Waals surface area (Å²) < 4.78 is 0. The van der Waals surface area contributed by atoms with E-state index in [2.05, 4.69) is 36.7 Å². The molecule has 1 atom stereocenters. The van der Waals surface area contributed by atoms with Crippen molar-refractivity contribution in [1.29, 1.82) is 0 Å². The van der Waals surface area contributed by atoms with Crippen LogP contribution in [-0.4, -0.2) is 5.91 Å². The first-order chi connectivity index (χ1) is 7.66. The molecule has 1 aliphatic carbocycles. The van der Waals surface area contributed by atoms with Crippen LogP contribution in [0, 0.1) is 11.8 Å². The zero-order valence-electron chi connectivity index (χ0n) is 9.90. The number of nitrogens with one attached hydrogen (secondary N) is 1. The third-order valence-electron chi connectivity index (χ3n) is 2.86. The molecule has 1 fully saturated rings. The molecule has 0 radical (unpaired) electrons. The lowest BCUT2D eigenvalue weighted by Gasteiger charge is -2.19. The minimum Gasteiger partial charge on any atom is -0.348 e. The highest BCUT2D eigenvalue weighted by Gasteiger charge is 2.31. The Morgan fingerprint density at radius 2 is 2.31 bits per heavy atom. The Kier molecular flexibility index (Phi) is 3.64. The molecule has 1 aromatic heterocycles. The summed E-state index contributed by atoms with van der Waals surface area (Å²) in [7, 11) is 0. The van der Waals surface area contributed by atoms with Gasteiger partial charge in [-0.25, -0.2) is 0 Å². The highest BCUT2D eigenvalue weighted by atomic mass is 32.1. The number of amides is 1. The van der Waals surface area contributed by atoms with Crippen LogP contribution < -0.4 is 5.32 Å². The van der Waals surface area contributed by atoms with E-state index < -0.39 is 0 Å². The summed E-state index contributed by atoms with van der Waals surface area (Å²) in [6, 6.07) is 4.38. The summed E-state index contributed by atoms with van der Waals surface area (Å²) in [6.07, 6.45) is 3.17. The molecule has 16 heavy (non-hydrogen) atoms. The first-order valence-corrected chi connectivity index (χ1v) is 6.88. The van der Waals surface area contributed by atoms with Gasteiger partial charge >= 0.3 is 0 Å². The lowest BCUT2D eigenvalue weighted by molar-refractivity contribution is -0.123. The van der Waals surface area contributed by atoms with Crippen molar-refractivity contribution in [1.82, 2.24) is 5.32 Å². The van der Waals surface area contributed by atoms with Crippen molar-refractivity contribution in [3.05, 3.63) is 22.4 Å². The topological polar surface area (TPSA) is 29.1 Å². The van der Waals surface area contributed by atoms with E-state index in [0.29, 0.717) is 11.8 Å². The zero-order valence-corrected chi connectivity index (χ0v) is 10.7. The predicted molar refractivity (Wildman–Crippen MR) is 67.4 cm³/mol. The molecule has 2 rings (SSSR count). The fourth-order valence-electron chi connectivity index (χ4n) is 1.84. The SMILES string of the molecule is CC(C)CC(NC(=O)C1CC1)c1cccs1. The number of hydrogen-bond donors (Lipinski definition) is 1. The van der Waals surface area contributed by atoms with Gasteiger partial charge in [0, 0.05) is 10.8 Å². The largest absolute Gasteiger partial charge is 0.348 e. The van der Waals surface area contributed by atoms with Gasteiger partial charge in [0.25, 0.3) is 0 Å². The van der Waals surface area contributed by atoms with Gasteiger partial charge in [0.2, 0.25) is 5.91 Å². The lowest BCUT2D eigenvalue weighted by atomic mass is 10.0. The molecule has 0 spiro atoms. The maximum atomic E-state index is 11.8. The van der Waals surface area contributed by atoms with Crippen molar-refractivity contribution >= 4 is 17.2 Å². The average Bonchev–Trinajstić information content (AvgIpc) is 2.92. The summed E-state index contributed by atoms with van der Waals surface area (Å²) in [5, 5.41) is 5.26. The molecule has 1 unspecified atom stereocenters. The summed E-state index contributed by atoms with van der Waals surface area (Å²) in [6.45, 7) is 4.40. The average molecular weight is 237 g/mol. The smallest absolute Gasteiger partial charge is 0.223 e. The Morgan fingerprint density at radius 1 is 1.56 bits per heavy atom. The van der Waals surface area contributed by atoms with Gasteiger partial charge in [-0.05, 0) is 36.6 Å². The Balaban J connectivity index is 1.99. The summed E-state index contributed by atoms with van der Waals surface area (Å²) >= 11 is 1.73. The van der Waals surface area contributed by atoms with Crippen molar-refractivity contribution < 1.29 is 4.79 Å². The Hall–Kier alpha value is -0.830. The van der Waals surface area contributed by atoms with Crippen LogP contribution in [0.2, 0.25) is 0 Å². The molecular weight excluding hydrogens is 218 g/mol. The third kappa shape index (κ3) is 3.08. The van der Waals surface area contributed by atoms with Crippen LogP contribution in [-0.2, 0) is 4.79 Å². The van der Waals surface area contributed by atoms with Crippen molar-refractivity contribution in [2.45, 2.75) is 39.2 Å². The first-order valence-electron chi connectivity index (χ1n) is 6.00. The predicted octanol–water partition coefficient (Wildman–Crippen LogP) is 3.36. The minimum atomic E-state index is 0.216. The molecule has 3 heteroatoms. The Labute approximate surface area is 101 Å². The monoisotopic (exact) mass is 237 g/mol. The Bertz CT molecular complexity index is 341. The number of carbonyl (C=O) groups is 1. The third-order valence-corrected chi connectivity index (χ3v) is 3.84. The highest BCUT2D eigenvalue weighted by Crippen LogP contribution is 2.31. The van der Waals surface area contributed by atoms with Crippen LogP contribution in [0.4, 0.5) is 0 Å². The van der Waals surface area contributed by atoms with Crippen LogP contribution in [0.15, 0.2) is 17.5 Å². The molecule has 1 amide bonds. The summed E-state index contributed by atoms with van der Waals surface area (Å²) in [5.74, 6) is 1.15. The van der Waals surface area contributed by atoms with E-state index in [-0.39, 0.29) is 11.9 Å². The number of carbonyl (C=O) groups excluding carboxylic acids is 1. The van der Waals surface area contributed by atoms with E-state index in [1.165, 1.54) is 4.88 Å². The van der Waals surface area contributed by atoms with E-state index in [1.54, 1.807) is 11.3 Å². The normalized spacial score (nSPS) is 17.4. The molecule has 88 valence electrons. The minimum absolute atomic E-state index is 0.216. The van der Waals surface area contributed by atoms with Crippen molar-refractivity contribution in [3.8, 4) is 0 Å². The zero-order chi connectivity index (χ0) is 11.5. The molecule has 1 saturated carbocycles. The molecule has 0 saturated heterocycles. The quantitative estimate of drug-likeness (QED) is 0.836. The van der Waals surface area contributed by atoms with Gasteiger partial charge < -0.3 is 5.32 Å². The molecule has 2 nitrogen and oxygen atoms in total. The lowest BCUT2D eigenvalue weighted by Crippen LogP contribution is -2.30. The molecule has 0 aliphatic heterocycles. The van der Waals surface area contributed by atoms with Gasteiger partial charge in [-0.1, -0.05) is 19.9 Å². The van der Waals surface area contributed by atoms with Crippen LogP contribution in [0.5, 0.6) is 0 Å². The van der Waals surface area contributed by atoms with Crippen LogP contribution in [0.3, 0.4) is 0 Å². The van der Waals surface area contributed by atoms with Gasteiger partial charge in [-0.3, -0.25) is 4.79 Å². The Morgan fingerprint density at radius 3 is 2.81 bits per heavy atom. The fraction of sp³-hybridized carbons (Fsp3) is 0.615. The summed E-state index contributed by atoms with van der Waals surface area (Å²) in [4.78, 5) is 13.1. The molecule has 1 aromatic rings.